The lowest BCUT2D eigenvalue weighted by atomic mass is 10.3. The summed E-state index contributed by atoms with van der Waals surface area (Å²) in [5.74, 6) is 1.02. The normalized spacial score (nSPS) is 9.83. The standard InChI is InChI=1S/C11H12N4O3/c1-17-9-2-4-10(5-3-9)18-6-11(16)14-15-7-12-13-8-15/h2-5,7-8H,6H2,1H3,(H,14,16). The molecule has 0 aliphatic heterocycles. The molecule has 0 bridgehead atoms. The van der Waals surface area contributed by atoms with Crippen molar-refractivity contribution in [2.75, 3.05) is 19.1 Å². The Labute approximate surface area is 103 Å². The van der Waals surface area contributed by atoms with Gasteiger partial charge in [0.15, 0.2) is 6.61 Å². The van der Waals surface area contributed by atoms with E-state index in [1.807, 2.05) is 0 Å². The van der Waals surface area contributed by atoms with Crippen molar-refractivity contribution in [3.63, 3.8) is 0 Å². The van der Waals surface area contributed by atoms with E-state index in [2.05, 4.69) is 15.6 Å². The predicted octanol–water partition coefficient (Wildman–Crippen LogP) is 0.436. The molecule has 1 N–H and O–H groups in total. The van der Waals surface area contributed by atoms with Gasteiger partial charge in [-0.1, -0.05) is 0 Å². The monoisotopic (exact) mass is 248 g/mol. The molecule has 0 saturated heterocycles. The molecule has 0 atom stereocenters. The first kappa shape index (κ1) is 11.9. The average Bonchev–Trinajstić information content (AvgIpc) is 2.90. The highest BCUT2D eigenvalue weighted by atomic mass is 16.5. The van der Waals surface area contributed by atoms with Crippen LogP contribution >= 0.6 is 0 Å². The number of aromatic nitrogens is 3. The Morgan fingerprint density at radius 1 is 1.22 bits per heavy atom. The molecule has 1 heterocycles. The molecule has 0 aliphatic rings. The fourth-order valence-electron chi connectivity index (χ4n) is 1.26. The van der Waals surface area contributed by atoms with E-state index in [0.717, 1.165) is 5.75 Å². The second-order valence-electron chi connectivity index (χ2n) is 3.37. The van der Waals surface area contributed by atoms with E-state index in [0.29, 0.717) is 5.75 Å². The maximum Gasteiger partial charge on any atom is 0.276 e. The van der Waals surface area contributed by atoms with Crippen molar-refractivity contribution in [1.29, 1.82) is 0 Å². The molecular weight excluding hydrogens is 236 g/mol. The molecule has 0 radical (unpaired) electrons. The van der Waals surface area contributed by atoms with E-state index >= 15 is 0 Å². The second kappa shape index (κ2) is 5.67. The van der Waals surface area contributed by atoms with Crippen molar-refractivity contribution >= 4 is 5.91 Å². The van der Waals surface area contributed by atoms with E-state index in [9.17, 15) is 4.79 Å². The van der Waals surface area contributed by atoms with Crippen LogP contribution in [0.1, 0.15) is 0 Å². The summed E-state index contributed by atoms with van der Waals surface area (Å²) in [4.78, 5) is 11.5. The van der Waals surface area contributed by atoms with Crippen LogP contribution in [0.2, 0.25) is 0 Å². The maximum absolute atomic E-state index is 11.5. The van der Waals surface area contributed by atoms with Gasteiger partial charge in [0.05, 0.1) is 7.11 Å². The molecule has 0 unspecified atom stereocenters. The lowest BCUT2D eigenvalue weighted by molar-refractivity contribution is -0.119. The first-order valence-electron chi connectivity index (χ1n) is 5.19. The summed E-state index contributed by atoms with van der Waals surface area (Å²) >= 11 is 0. The highest BCUT2D eigenvalue weighted by Gasteiger charge is 2.03. The number of carbonyl (C=O) groups excluding carboxylic acids is 1. The quantitative estimate of drug-likeness (QED) is 0.830. The Hall–Kier alpha value is -2.57. The lowest BCUT2D eigenvalue weighted by Gasteiger charge is -2.07. The number of benzene rings is 1. The van der Waals surface area contributed by atoms with Crippen LogP contribution < -0.4 is 14.9 Å². The molecule has 0 spiro atoms. The first-order chi connectivity index (χ1) is 8.78. The van der Waals surface area contributed by atoms with Gasteiger partial charge in [0.1, 0.15) is 24.2 Å². The number of hydrogen-bond acceptors (Lipinski definition) is 5. The fourth-order valence-corrected chi connectivity index (χ4v) is 1.26. The van der Waals surface area contributed by atoms with E-state index in [1.165, 1.54) is 17.3 Å². The Balaban J connectivity index is 1.81. The Bertz CT molecular complexity index is 496. The van der Waals surface area contributed by atoms with Crippen LogP contribution in [0.3, 0.4) is 0 Å². The predicted molar refractivity (Wildman–Crippen MR) is 62.9 cm³/mol. The maximum atomic E-state index is 11.5. The zero-order valence-corrected chi connectivity index (χ0v) is 9.74. The fraction of sp³-hybridized carbons (Fsp3) is 0.182. The highest BCUT2D eigenvalue weighted by Crippen LogP contribution is 2.16. The molecule has 1 aromatic heterocycles. The van der Waals surface area contributed by atoms with Crippen LogP contribution in [0.4, 0.5) is 0 Å². The van der Waals surface area contributed by atoms with Crippen LogP contribution in [0.5, 0.6) is 11.5 Å². The van der Waals surface area contributed by atoms with Crippen molar-refractivity contribution < 1.29 is 14.3 Å². The number of ether oxygens (including phenoxy) is 2. The van der Waals surface area contributed by atoms with Crippen molar-refractivity contribution in [1.82, 2.24) is 14.9 Å². The van der Waals surface area contributed by atoms with Crippen molar-refractivity contribution in [2.45, 2.75) is 0 Å². The molecule has 0 saturated carbocycles. The third-order valence-electron chi connectivity index (χ3n) is 2.10. The summed E-state index contributed by atoms with van der Waals surface area (Å²) in [6.45, 7) is -0.0927. The first-order valence-corrected chi connectivity index (χ1v) is 5.19. The van der Waals surface area contributed by atoms with Gasteiger partial charge in [0.2, 0.25) is 0 Å². The minimum Gasteiger partial charge on any atom is -0.497 e. The van der Waals surface area contributed by atoms with Crippen molar-refractivity contribution in [3.05, 3.63) is 36.9 Å². The largest absolute Gasteiger partial charge is 0.497 e. The highest BCUT2D eigenvalue weighted by molar-refractivity contribution is 5.84. The summed E-state index contributed by atoms with van der Waals surface area (Å²) < 4.78 is 11.7. The van der Waals surface area contributed by atoms with Crippen LogP contribution in [-0.2, 0) is 4.79 Å². The van der Waals surface area contributed by atoms with Gasteiger partial charge >= 0.3 is 0 Å². The molecular formula is C11H12N4O3. The number of methoxy groups -OCH3 is 1. The molecule has 2 rings (SSSR count). The lowest BCUT2D eigenvalue weighted by Crippen LogP contribution is -2.26. The van der Waals surface area contributed by atoms with Crippen molar-refractivity contribution in [3.8, 4) is 11.5 Å². The van der Waals surface area contributed by atoms with E-state index in [1.54, 1.807) is 31.4 Å². The third kappa shape index (κ3) is 3.21. The number of carbonyl (C=O) groups is 1. The molecule has 7 heteroatoms. The summed E-state index contributed by atoms with van der Waals surface area (Å²) in [5.41, 5.74) is 2.52. The molecule has 1 amide bonds. The van der Waals surface area contributed by atoms with Gasteiger partial charge in [-0.3, -0.25) is 10.2 Å². The Kier molecular flexibility index (Phi) is 3.75. The van der Waals surface area contributed by atoms with E-state index in [-0.39, 0.29) is 12.5 Å². The number of nitrogens with one attached hydrogen (secondary N) is 1. The molecule has 94 valence electrons. The van der Waals surface area contributed by atoms with Crippen molar-refractivity contribution in [2.24, 2.45) is 0 Å². The summed E-state index contributed by atoms with van der Waals surface area (Å²) in [6.07, 6.45) is 2.76. The van der Waals surface area contributed by atoms with Gasteiger partial charge in [-0.15, -0.1) is 10.2 Å². The van der Waals surface area contributed by atoms with Gasteiger partial charge in [-0.25, -0.2) is 4.68 Å². The van der Waals surface area contributed by atoms with Crippen LogP contribution in [-0.4, -0.2) is 34.5 Å². The van der Waals surface area contributed by atoms with Crippen LogP contribution in [0, 0.1) is 0 Å². The van der Waals surface area contributed by atoms with E-state index < -0.39 is 0 Å². The number of nitrogens with zero attached hydrogens (tertiary/aromatic N) is 3. The molecule has 1 aromatic carbocycles. The Morgan fingerprint density at radius 3 is 2.44 bits per heavy atom. The summed E-state index contributed by atoms with van der Waals surface area (Å²) in [7, 11) is 1.59. The van der Waals surface area contributed by atoms with Gasteiger partial charge in [0.25, 0.3) is 5.91 Å². The van der Waals surface area contributed by atoms with Gasteiger partial charge < -0.3 is 9.47 Å². The number of hydrogen-bond donors (Lipinski definition) is 1. The summed E-state index contributed by atoms with van der Waals surface area (Å²) in [5, 5.41) is 7.11. The van der Waals surface area contributed by atoms with E-state index in [4.69, 9.17) is 9.47 Å². The SMILES string of the molecule is COc1ccc(OCC(=O)Nn2cnnc2)cc1. The van der Waals surface area contributed by atoms with Gasteiger partial charge in [0, 0.05) is 0 Å². The zero-order chi connectivity index (χ0) is 12.8. The van der Waals surface area contributed by atoms with Gasteiger partial charge in [-0.2, -0.15) is 0 Å². The number of rotatable bonds is 5. The van der Waals surface area contributed by atoms with Crippen LogP contribution in [0.25, 0.3) is 0 Å². The van der Waals surface area contributed by atoms with Gasteiger partial charge in [-0.05, 0) is 24.3 Å². The molecule has 7 nitrogen and oxygen atoms in total. The third-order valence-corrected chi connectivity index (χ3v) is 2.10. The van der Waals surface area contributed by atoms with Crippen LogP contribution in [0.15, 0.2) is 36.9 Å². The Morgan fingerprint density at radius 2 is 1.83 bits per heavy atom. The number of amides is 1. The topological polar surface area (TPSA) is 78.3 Å². The molecule has 2 aromatic rings. The minimum absolute atomic E-state index is 0.0927. The average molecular weight is 248 g/mol. The minimum atomic E-state index is -0.300. The summed E-state index contributed by atoms with van der Waals surface area (Å²) in [6, 6.07) is 6.97. The zero-order valence-electron chi connectivity index (χ0n) is 9.74. The second-order valence-corrected chi connectivity index (χ2v) is 3.37. The molecule has 0 aliphatic carbocycles. The smallest absolute Gasteiger partial charge is 0.276 e. The molecule has 0 fully saturated rings. The molecule has 18 heavy (non-hydrogen) atoms.